The molecule has 6 heteroatoms. The van der Waals surface area contributed by atoms with Gasteiger partial charge in [0.25, 0.3) is 0 Å². The first-order valence-corrected chi connectivity index (χ1v) is 6.13. The maximum absolute atomic E-state index is 11.9. The Kier molecular flexibility index (Phi) is 3.30. The lowest BCUT2D eigenvalue weighted by molar-refractivity contribution is -0.128. The second kappa shape index (κ2) is 4.76. The summed E-state index contributed by atoms with van der Waals surface area (Å²) in [5.41, 5.74) is 6.10. The highest BCUT2D eigenvalue weighted by Gasteiger charge is 2.40. The van der Waals surface area contributed by atoms with E-state index in [9.17, 15) is 4.79 Å². The van der Waals surface area contributed by atoms with Crippen LogP contribution in [0, 0.1) is 16.7 Å². The zero-order valence-corrected chi connectivity index (χ0v) is 11.1. The molecule has 1 aliphatic rings. The third-order valence-electron chi connectivity index (χ3n) is 3.56. The molecule has 2 rings (SSSR count). The standard InChI is InChI=1S/C13H17N5O/c1-13(12(19)16-2)3-4-18(8-13)11-9(6-14)5-10(15)7-17-11/h5,7H,3-4,8,15H2,1-2H3,(H,16,19). The largest absolute Gasteiger partial charge is 0.397 e. The summed E-state index contributed by atoms with van der Waals surface area (Å²) in [6, 6.07) is 3.71. The molecule has 1 atom stereocenters. The third kappa shape index (κ3) is 2.32. The Morgan fingerprint density at radius 2 is 2.42 bits per heavy atom. The van der Waals surface area contributed by atoms with Crippen molar-refractivity contribution in [1.82, 2.24) is 10.3 Å². The molecule has 1 fully saturated rings. The van der Waals surface area contributed by atoms with Gasteiger partial charge in [-0.3, -0.25) is 4.79 Å². The van der Waals surface area contributed by atoms with Gasteiger partial charge < -0.3 is 16.0 Å². The third-order valence-corrected chi connectivity index (χ3v) is 3.56. The van der Waals surface area contributed by atoms with E-state index in [1.54, 1.807) is 13.1 Å². The van der Waals surface area contributed by atoms with E-state index in [0.717, 1.165) is 6.42 Å². The molecular weight excluding hydrogens is 242 g/mol. The average molecular weight is 259 g/mol. The summed E-state index contributed by atoms with van der Waals surface area (Å²) >= 11 is 0. The Bertz CT molecular complexity index is 550. The Balaban J connectivity index is 2.27. The van der Waals surface area contributed by atoms with E-state index < -0.39 is 5.41 Å². The maximum atomic E-state index is 11.9. The van der Waals surface area contributed by atoms with Gasteiger partial charge in [-0.1, -0.05) is 0 Å². The van der Waals surface area contributed by atoms with Crippen LogP contribution in [0.5, 0.6) is 0 Å². The van der Waals surface area contributed by atoms with Crippen LogP contribution in [0.3, 0.4) is 0 Å². The fourth-order valence-electron chi connectivity index (χ4n) is 2.44. The van der Waals surface area contributed by atoms with Crippen LogP contribution in [0.4, 0.5) is 11.5 Å². The van der Waals surface area contributed by atoms with Crippen LogP contribution in [0.1, 0.15) is 18.9 Å². The van der Waals surface area contributed by atoms with E-state index in [1.807, 2.05) is 11.8 Å². The summed E-state index contributed by atoms with van der Waals surface area (Å²) in [4.78, 5) is 18.1. The molecule has 1 unspecified atom stereocenters. The highest BCUT2D eigenvalue weighted by molar-refractivity contribution is 5.83. The zero-order chi connectivity index (χ0) is 14.0. The summed E-state index contributed by atoms with van der Waals surface area (Å²) in [5.74, 6) is 0.619. The van der Waals surface area contributed by atoms with Crippen LogP contribution in [0.15, 0.2) is 12.3 Å². The molecule has 0 spiro atoms. The zero-order valence-electron chi connectivity index (χ0n) is 11.1. The molecule has 6 nitrogen and oxygen atoms in total. The molecule has 0 saturated carbocycles. The van der Waals surface area contributed by atoms with Gasteiger partial charge >= 0.3 is 0 Å². The summed E-state index contributed by atoms with van der Waals surface area (Å²) in [7, 11) is 1.64. The number of nitrogens with two attached hydrogens (primary N) is 1. The minimum Gasteiger partial charge on any atom is -0.397 e. The summed E-state index contributed by atoms with van der Waals surface area (Å²) < 4.78 is 0. The molecule has 3 N–H and O–H groups in total. The van der Waals surface area contributed by atoms with Crippen molar-refractivity contribution in [2.45, 2.75) is 13.3 Å². The lowest BCUT2D eigenvalue weighted by atomic mass is 9.89. The fraction of sp³-hybridized carbons (Fsp3) is 0.462. The summed E-state index contributed by atoms with van der Waals surface area (Å²) in [5, 5.41) is 11.8. The Morgan fingerprint density at radius 1 is 1.68 bits per heavy atom. The van der Waals surface area contributed by atoms with E-state index in [1.165, 1.54) is 6.20 Å². The molecule has 1 saturated heterocycles. The Labute approximate surface area is 112 Å². The molecule has 19 heavy (non-hydrogen) atoms. The van der Waals surface area contributed by atoms with Crippen LogP contribution < -0.4 is 16.0 Å². The van der Waals surface area contributed by atoms with Gasteiger partial charge in [0.2, 0.25) is 5.91 Å². The first-order valence-electron chi connectivity index (χ1n) is 6.13. The number of aromatic nitrogens is 1. The molecule has 1 aromatic heterocycles. The second-order valence-electron chi connectivity index (χ2n) is 5.06. The van der Waals surface area contributed by atoms with Crippen molar-refractivity contribution in [3.8, 4) is 6.07 Å². The molecule has 0 bridgehead atoms. The van der Waals surface area contributed by atoms with Crippen LogP contribution in [0.2, 0.25) is 0 Å². The lowest BCUT2D eigenvalue weighted by Crippen LogP contribution is -2.39. The van der Waals surface area contributed by atoms with Crippen molar-refractivity contribution in [2.24, 2.45) is 5.41 Å². The highest BCUT2D eigenvalue weighted by Crippen LogP contribution is 2.34. The predicted octanol–water partition coefficient (Wildman–Crippen LogP) is 0.498. The average Bonchev–Trinajstić information content (AvgIpc) is 2.81. The number of hydrogen-bond donors (Lipinski definition) is 2. The first kappa shape index (κ1) is 13.1. The molecule has 0 aromatic carbocycles. The monoisotopic (exact) mass is 259 g/mol. The van der Waals surface area contributed by atoms with E-state index >= 15 is 0 Å². The Morgan fingerprint density at radius 3 is 3.05 bits per heavy atom. The SMILES string of the molecule is CNC(=O)C1(C)CCN(c2ncc(N)cc2C#N)C1. The lowest BCUT2D eigenvalue weighted by Gasteiger charge is -2.23. The number of hydrogen-bond acceptors (Lipinski definition) is 5. The van der Waals surface area contributed by atoms with Gasteiger partial charge in [0.1, 0.15) is 11.9 Å². The van der Waals surface area contributed by atoms with Crippen molar-refractivity contribution in [3.63, 3.8) is 0 Å². The van der Waals surface area contributed by atoms with Gasteiger partial charge in [0.05, 0.1) is 22.9 Å². The molecular formula is C13H17N5O. The number of carbonyl (C=O) groups excluding carboxylic acids is 1. The van der Waals surface area contributed by atoms with Crippen molar-refractivity contribution in [3.05, 3.63) is 17.8 Å². The predicted molar refractivity (Wildman–Crippen MR) is 72.4 cm³/mol. The summed E-state index contributed by atoms with van der Waals surface area (Å²) in [6.45, 7) is 3.18. The number of carbonyl (C=O) groups is 1. The molecule has 100 valence electrons. The normalized spacial score (nSPS) is 22.1. The fourth-order valence-corrected chi connectivity index (χ4v) is 2.44. The van der Waals surface area contributed by atoms with Crippen molar-refractivity contribution < 1.29 is 4.79 Å². The van der Waals surface area contributed by atoms with Crippen molar-refractivity contribution >= 4 is 17.4 Å². The van der Waals surface area contributed by atoms with E-state index in [4.69, 9.17) is 11.0 Å². The van der Waals surface area contributed by atoms with Gasteiger partial charge in [-0.05, 0) is 19.4 Å². The molecule has 0 aliphatic carbocycles. The minimum atomic E-state index is -0.440. The molecule has 1 aliphatic heterocycles. The minimum absolute atomic E-state index is 0.0175. The van der Waals surface area contributed by atoms with Crippen molar-refractivity contribution in [1.29, 1.82) is 5.26 Å². The number of nitrogen functional groups attached to an aromatic ring is 1. The van der Waals surface area contributed by atoms with Crippen molar-refractivity contribution in [2.75, 3.05) is 30.8 Å². The quantitative estimate of drug-likeness (QED) is 0.806. The van der Waals surface area contributed by atoms with Gasteiger partial charge in [0.15, 0.2) is 0 Å². The topological polar surface area (TPSA) is 95.0 Å². The Hall–Kier alpha value is -2.29. The van der Waals surface area contributed by atoms with Crippen LogP contribution in [-0.2, 0) is 4.79 Å². The number of nitrogens with zero attached hydrogens (tertiary/aromatic N) is 3. The second-order valence-corrected chi connectivity index (χ2v) is 5.06. The number of anilines is 2. The number of rotatable bonds is 2. The maximum Gasteiger partial charge on any atom is 0.227 e. The number of amides is 1. The van der Waals surface area contributed by atoms with Gasteiger partial charge in [-0.15, -0.1) is 0 Å². The van der Waals surface area contributed by atoms with E-state index in [2.05, 4.69) is 16.4 Å². The first-order chi connectivity index (χ1) is 9.00. The van der Waals surface area contributed by atoms with Gasteiger partial charge in [-0.25, -0.2) is 4.98 Å². The van der Waals surface area contributed by atoms with Crippen LogP contribution >= 0.6 is 0 Å². The number of nitriles is 1. The van der Waals surface area contributed by atoms with Crippen LogP contribution in [0.25, 0.3) is 0 Å². The summed E-state index contributed by atoms with van der Waals surface area (Å²) in [6.07, 6.45) is 2.27. The molecule has 0 radical (unpaired) electrons. The van der Waals surface area contributed by atoms with Crippen LogP contribution in [-0.4, -0.2) is 31.0 Å². The highest BCUT2D eigenvalue weighted by atomic mass is 16.2. The van der Waals surface area contributed by atoms with E-state index in [-0.39, 0.29) is 5.91 Å². The smallest absolute Gasteiger partial charge is 0.227 e. The molecule has 1 aromatic rings. The van der Waals surface area contributed by atoms with Gasteiger partial charge in [0, 0.05) is 20.1 Å². The van der Waals surface area contributed by atoms with E-state index in [0.29, 0.717) is 30.2 Å². The van der Waals surface area contributed by atoms with Gasteiger partial charge in [-0.2, -0.15) is 5.26 Å². The molecule has 1 amide bonds. The molecule has 2 heterocycles. The number of pyridine rings is 1. The number of nitrogens with one attached hydrogen (secondary N) is 1.